The number of nitrogens with one attached hydrogen (secondary N) is 1. The summed E-state index contributed by atoms with van der Waals surface area (Å²) >= 11 is 0. The van der Waals surface area contributed by atoms with Crippen molar-refractivity contribution in [3.63, 3.8) is 0 Å². The number of carbonyl (C=O) groups is 1. The van der Waals surface area contributed by atoms with Crippen LogP contribution in [0.15, 0.2) is 18.3 Å². The first-order valence-electron chi connectivity index (χ1n) is 9.01. The van der Waals surface area contributed by atoms with Crippen LogP contribution >= 0.6 is 0 Å². The van der Waals surface area contributed by atoms with Gasteiger partial charge >= 0.3 is 6.09 Å². The topological polar surface area (TPSA) is 54.5 Å². The van der Waals surface area contributed by atoms with E-state index >= 15 is 0 Å². The summed E-state index contributed by atoms with van der Waals surface area (Å²) in [7, 11) is 0. The van der Waals surface area contributed by atoms with Crippen molar-refractivity contribution in [3.05, 3.63) is 23.9 Å². The molecule has 5 heteroatoms. The van der Waals surface area contributed by atoms with E-state index in [9.17, 15) is 4.79 Å². The van der Waals surface area contributed by atoms with E-state index in [0.717, 1.165) is 25.2 Å². The highest BCUT2D eigenvalue weighted by atomic mass is 16.6. The van der Waals surface area contributed by atoms with Crippen molar-refractivity contribution in [1.82, 2.24) is 9.88 Å². The summed E-state index contributed by atoms with van der Waals surface area (Å²) in [5.41, 5.74) is 0.641. The summed E-state index contributed by atoms with van der Waals surface area (Å²) in [6, 6.07) is 3.93. The molecule has 0 aliphatic heterocycles. The normalized spacial score (nSPS) is 11.6. The van der Waals surface area contributed by atoms with Gasteiger partial charge in [0.25, 0.3) is 0 Å². The van der Waals surface area contributed by atoms with Gasteiger partial charge in [0.05, 0.1) is 0 Å². The van der Waals surface area contributed by atoms with Crippen molar-refractivity contribution in [2.24, 2.45) is 0 Å². The standard InChI is InChI=1S/C19H33N3O2/c1-6-8-12-22(13-9-7-2)15-16-10-11-20-17(14-16)21-18(23)24-19(3,4)5/h10-11,14H,6-9,12-13,15H2,1-5H3,(H,20,21,23). The summed E-state index contributed by atoms with van der Waals surface area (Å²) in [6.45, 7) is 13.1. The Morgan fingerprint density at radius 2 is 1.83 bits per heavy atom. The maximum atomic E-state index is 11.9. The Balaban J connectivity index is 2.66. The molecule has 1 N–H and O–H groups in total. The molecule has 0 aromatic carbocycles. The summed E-state index contributed by atoms with van der Waals surface area (Å²) < 4.78 is 5.27. The van der Waals surface area contributed by atoms with Gasteiger partial charge in [-0.3, -0.25) is 10.2 Å². The van der Waals surface area contributed by atoms with Crippen molar-refractivity contribution >= 4 is 11.9 Å². The molecule has 5 nitrogen and oxygen atoms in total. The van der Waals surface area contributed by atoms with Crippen LogP contribution in [0.1, 0.15) is 65.9 Å². The minimum atomic E-state index is -0.515. The zero-order chi connectivity index (χ0) is 18.0. The lowest BCUT2D eigenvalue weighted by Crippen LogP contribution is -2.28. The first-order valence-corrected chi connectivity index (χ1v) is 9.01. The Morgan fingerprint density at radius 3 is 2.38 bits per heavy atom. The van der Waals surface area contributed by atoms with Gasteiger partial charge < -0.3 is 4.74 Å². The number of hydrogen-bond donors (Lipinski definition) is 1. The molecule has 0 saturated heterocycles. The lowest BCUT2D eigenvalue weighted by atomic mass is 10.2. The Hall–Kier alpha value is -1.62. The predicted molar refractivity (Wildman–Crippen MR) is 99.2 cm³/mol. The van der Waals surface area contributed by atoms with E-state index in [4.69, 9.17) is 4.74 Å². The molecule has 1 amide bonds. The van der Waals surface area contributed by atoms with E-state index in [0.29, 0.717) is 5.82 Å². The molecule has 0 aliphatic rings. The molecular weight excluding hydrogens is 302 g/mol. The van der Waals surface area contributed by atoms with Gasteiger partial charge in [-0.1, -0.05) is 26.7 Å². The number of unbranched alkanes of at least 4 members (excludes halogenated alkanes) is 2. The van der Waals surface area contributed by atoms with E-state index in [1.165, 1.54) is 25.7 Å². The molecule has 24 heavy (non-hydrogen) atoms. The summed E-state index contributed by atoms with van der Waals surface area (Å²) in [5.74, 6) is 0.535. The van der Waals surface area contributed by atoms with Crippen molar-refractivity contribution in [2.75, 3.05) is 18.4 Å². The van der Waals surface area contributed by atoms with Crippen molar-refractivity contribution in [2.45, 2.75) is 72.4 Å². The Kier molecular flexibility index (Phi) is 8.76. The molecular formula is C19H33N3O2. The van der Waals surface area contributed by atoms with E-state index in [2.05, 4.69) is 29.0 Å². The third-order valence-electron chi connectivity index (χ3n) is 3.52. The summed E-state index contributed by atoms with van der Waals surface area (Å²) in [5, 5.41) is 2.71. The monoisotopic (exact) mass is 335 g/mol. The minimum Gasteiger partial charge on any atom is -0.444 e. The van der Waals surface area contributed by atoms with E-state index in [1.54, 1.807) is 6.20 Å². The summed E-state index contributed by atoms with van der Waals surface area (Å²) in [6.07, 6.45) is 6.07. The molecule has 0 radical (unpaired) electrons. The molecule has 1 aromatic rings. The molecule has 0 aliphatic carbocycles. The molecule has 0 bridgehead atoms. The van der Waals surface area contributed by atoms with Gasteiger partial charge in [-0.2, -0.15) is 0 Å². The fraction of sp³-hybridized carbons (Fsp3) is 0.684. The minimum absolute atomic E-state index is 0.471. The number of pyridine rings is 1. The van der Waals surface area contributed by atoms with Crippen LogP contribution in [0.2, 0.25) is 0 Å². The highest BCUT2D eigenvalue weighted by Gasteiger charge is 2.16. The second kappa shape index (κ2) is 10.3. The number of amides is 1. The number of hydrogen-bond acceptors (Lipinski definition) is 4. The van der Waals surface area contributed by atoms with Crippen LogP contribution in [0, 0.1) is 0 Å². The molecule has 0 spiro atoms. The van der Waals surface area contributed by atoms with Gasteiger partial charge in [0.2, 0.25) is 0 Å². The molecule has 0 atom stereocenters. The van der Waals surface area contributed by atoms with Crippen LogP contribution in [0.25, 0.3) is 0 Å². The largest absolute Gasteiger partial charge is 0.444 e. The van der Waals surface area contributed by atoms with Crippen LogP contribution in [0.4, 0.5) is 10.6 Å². The van der Waals surface area contributed by atoms with E-state index < -0.39 is 11.7 Å². The molecule has 1 rings (SSSR count). The summed E-state index contributed by atoms with van der Waals surface area (Å²) in [4.78, 5) is 18.5. The fourth-order valence-electron chi connectivity index (χ4n) is 2.34. The third kappa shape index (κ3) is 8.87. The molecule has 0 unspecified atom stereocenters. The lowest BCUT2D eigenvalue weighted by Gasteiger charge is -2.22. The number of anilines is 1. The van der Waals surface area contributed by atoms with Crippen LogP contribution in [-0.2, 0) is 11.3 Å². The Labute approximate surface area is 146 Å². The first-order chi connectivity index (χ1) is 11.3. The maximum Gasteiger partial charge on any atom is 0.413 e. The maximum absolute atomic E-state index is 11.9. The smallest absolute Gasteiger partial charge is 0.413 e. The highest BCUT2D eigenvalue weighted by molar-refractivity contribution is 5.83. The quantitative estimate of drug-likeness (QED) is 0.702. The molecule has 1 aromatic heterocycles. The van der Waals surface area contributed by atoms with Gasteiger partial charge in [0, 0.05) is 12.7 Å². The Morgan fingerprint density at radius 1 is 1.21 bits per heavy atom. The van der Waals surface area contributed by atoms with Crippen LogP contribution in [0.3, 0.4) is 0 Å². The van der Waals surface area contributed by atoms with Crippen molar-refractivity contribution < 1.29 is 9.53 Å². The lowest BCUT2D eigenvalue weighted by molar-refractivity contribution is 0.0635. The number of aromatic nitrogens is 1. The molecule has 136 valence electrons. The number of rotatable bonds is 9. The van der Waals surface area contributed by atoms with E-state index in [1.807, 2.05) is 32.9 Å². The fourth-order valence-corrected chi connectivity index (χ4v) is 2.34. The number of nitrogens with zero attached hydrogens (tertiary/aromatic N) is 2. The van der Waals surface area contributed by atoms with Gasteiger partial charge in [0.1, 0.15) is 11.4 Å². The molecule has 0 saturated carbocycles. The third-order valence-corrected chi connectivity index (χ3v) is 3.52. The zero-order valence-corrected chi connectivity index (χ0v) is 15.9. The van der Waals surface area contributed by atoms with Gasteiger partial charge in [-0.15, -0.1) is 0 Å². The molecule has 0 fully saturated rings. The SMILES string of the molecule is CCCCN(CCCC)Cc1ccnc(NC(=O)OC(C)(C)C)c1. The average molecular weight is 335 g/mol. The second-order valence-electron chi connectivity index (χ2n) is 7.16. The predicted octanol–water partition coefficient (Wildman–Crippen LogP) is 4.83. The van der Waals surface area contributed by atoms with Gasteiger partial charge in [0.15, 0.2) is 0 Å². The first kappa shape index (κ1) is 20.4. The second-order valence-corrected chi connectivity index (χ2v) is 7.16. The molecule has 1 heterocycles. The Bertz CT molecular complexity index is 490. The van der Waals surface area contributed by atoms with Gasteiger partial charge in [-0.25, -0.2) is 9.78 Å². The van der Waals surface area contributed by atoms with Gasteiger partial charge in [-0.05, 0) is 64.4 Å². The number of carbonyl (C=O) groups excluding carboxylic acids is 1. The van der Waals surface area contributed by atoms with Crippen LogP contribution < -0.4 is 5.32 Å². The highest BCUT2D eigenvalue weighted by Crippen LogP contribution is 2.13. The van der Waals surface area contributed by atoms with Crippen LogP contribution in [-0.4, -0.2) is 34.7 Å². The van der Waals surface area contributed by atoms with Crippen LogP contribution in [0.5, 0.6) is 0 Å². The zero-order valence-electron chi connectivity index (χ0n) is 15.9. The van der Waals surface area contributed by atoms with Crippen molar-refractivity contribution in [3.8, 4) is 0 Å². The number of ether oxygens (including phenoxy) is 1. The van der Waals surface area contributed by atoms with E-state index in [-0.39, 0.29) is 0 Å². The average Bonchev–Trinajstić information content (AvgIpc) is 2.48. The van der Waals surface area contributed by atoms with Crippen molar-refractivity contribution in [1.29, 1.82) is 0 Å².